The zero-order chi connectivity index (χ0) is 25.0. The summed E-state index contributed by atoms with van der Waals surface area (Å²) in [7, 11) is 0. The molecule has 1 aliphatic heterocycles. The van der Waals surface area contributed by atoms with E-state index in [0.717, 1.165) is 30.8 Å². The van der Waals surface area contributed by atoms with Crippen molar-refractivity contribution in [3.8, 4) is 34.4 Å². The molecule has 2 N–H and O–H groups in total. The second kappa shape index (κ2) is 9.93. The van der Waals surface area contributed by atoms with Crippen molar-refractivity contribution in [3.63, 3.8) is 0 Å². The summed E-state index contributed by atoms with van der Waals surface area (Å²) in [5.74, 6) is -1.28. The summed E-state index contributed by atoms with van der Waals surface area (Å²) in [6, 6.07) is 5.62. The summed E-state index contributed by atoms with van der Waals surface area (Å²) >= 11 is 0. The van der Waals surface area contributed by atoms with Crippen molar-refractivity contribution in [1.82, 2.24) is 35.4 Å². The molecule has 180 valence electrons. The molecule has 5 rings (SSSR count). The molecule has 0 radical (unpaired) electrons. The first-order chi connectivity index (χ1) is 16.7. The molecule has 0 aromatic carbocycles. The van der Waals surface area contributed by atoms with Gasteiger partial charge >= 0.3 is 12.1 Å². The van der Waals surface area contributed by atoms with E-state index in [-0.39, 0.29) is 0 Å². The van der Waals surface area contributed by atoms with Crippen molar-refractivity contribution in [2.75, 3.05) is 6.54 Å². The highest BCUT2D eigenvalue weighted by Crippen LogP contribution is 2.30. The highest BCUT2D eigenvalue weighted by molar-refractivity contribution is 5.73. The number of hydrogen-bond acceptors (Lipinski definition) is 9. The Balaban J connectivity index is 0.000000364. The zero-order valence-electron chi connectivity index (χ0n) is 18.2. The molecule has 0 unspecified atom stereocenters. The van der Waals surface area contributed by atoms with Gasteiger partial charge in [0.2, 0.25) is 5.82 Å². The van der Waals surface area contributed by atoms with E-state index < -0.39 is 12.1 Å². The Kier molecular flexibility index (Phi) is 6.78. The SMILES string of the molecule is Cc1ncc2c(c1-c1noc(-c3cnc(-c4ccccn4)nc3)n1)CCNC2.O=C(O)C(F)(F)F. The van der Waals surface area contributed by atoms with E-state index in [1.54, 1.807) is 18.6 Å². The number of carbonyl (C=O) groups is 1. The van der Waals surface area contributed by atoms with Crippen LogP contribution < -0.4 is 5.32 Å². The van der Waals surface area contributed by atoms with Gasteiger partial charge in [0.1, 0.15) is 5.69 Å². The summed E-state index contributed by atoms with van der Waals surface area (Å²) in [5.41, 5.74) is 5.65. The van der Waals surface area contributed by atoms with Gasteiger partial charge in [-0.3, -0.25) is 9.97 Å². The molecule has 0 amide bonds. The maximum Gasteiger partial charge on any atom is 0.490 e. The first-order valence-electron chi connectivity index (χ1n) is 10.3. The van der Waals surface area contributed by atoms with Crippen LogP contribution in [0.3, 0.4) is 0 Å². The number of aryl methyl sites for hydroxylation is 1. The normalized spacial score (nSPS) is 12.9. The van der Waals surface area contributed by atoms with E-state index in [1.807, 2.05) is 31.3 Å². The van der Waals surface area contributed by atoms with Crippen molar-refractivity contribution in [2.45, 2.75) is 26.1 Å². The van der Waals surface area contributed by atoms with Crippen molar-refractivity contribution in [3.05, 3.63) is 59.8 Å². The number of nitrogens with one attached hydrogen (secondary N) is 1. The fraction of sp³-hybridized carbons (Fsp3) is 0.227. The molecule has 35 heavy (non-hydrogen) atoms. The fourth-order valence-electron chi connectivity index (χ4n) is 3.38. The number of nitrogens with zero attached hydrogens (tertiary/aromatic N) is 6. The number of alkyl halides is 3. The molecule has 4 aromatic heterocycles. The van der Waals surface area contributed by atoms with Gasteiger partial charge in [-0.25, -0.2) is 14.8 Å². The molecule has 0 aliphatic carbocycles. The van der Waals surface area contributed by atoms with E-state index in [9.17, 15) is 13.2 Å². The van der Waals surface area contributed by atoms with Gasteiger partial charge in [-0.05, 0) is 43.1 Å². The minimum atomic E-state index is -5.08. The molecule has 10 nitrogen and oxygen atoms in total. The van der Waals surface area contributed by atoms with Crippen molar-refractivity contribution < 1.29 is 27.6 Å². The summed E-state index contributed by atoms with van der Waals surface area (Å²) in [6.45, 7) is 3.71. The van der Waals surface area contributed by atoms with Crippen molar-refractivity contribution >= 4 is 5.97 Å². The number of rotatable bonds is 3. The number of aliphatic carboxylic acids is 1. The van der Waals surface area contributed by atoms with Crippen LogP contribution in [-0.4, -0.2) is 53.9 Å². The molecule has 0 saturated heterocycles. The molecule has 1 aliphatic rings. The lowest BCUT2D eigenvalue weighted by Crippen LogP contribution is -2.24. The second-order valence-electron chi connectivity index (χ2n) is 7.39. The Morgan fingerprint density at radius 3 is 2.49 bits per heavy atom. The van der Waals surface area contributed by atoms with Gasteiger partial charge in [0.15, 0.2) is 5.82 Å². The third-order valence-electron chi connectivity index (χ3n) is 5.02. The van der Waals surface area contributed by atoms with E-state index in [1.165, 1.54) is 11.1 Å². The molecular weight excluding hydrogens is 467 g/mol. The monoisotopic (exact) mass is 485 g/mol. The number of fused-ring (bicyclic) bond motifs is 1. The quantitative estimate of drug-likeness (QED) is 0.444. The Labute approximate surface area is 196 Å². The summed E-state index contributed by atoms with van der Waals surface area (Å²) in [4.78, 5) is 31.0. The Morgan fingerprint density at radius 2 is 1.83 bits per heavy atom. The first-order valence-corrected chi connectivity index (χ1v) is 10.3. The highest BCUT2D eigenvalue weighted by atomic mass is 19.4. The third-order valence-corrected chi connectivity index (χ3v) is 5.02. The summed E-state index contributed by atoms with van der Waals surface area (Å²) < 4.78 is 37.2. The van der Waals surface area contributed by atoms with E-state index in [4.69, 9.17) is 14.4 Å². The number of aromatic nitrogens is 6. The average molecular weight is 485 g/mol. The Hall–Kier alpha value is -4.26. The van der Waals surface area contributed by atoms with Gasteiger partial charge in [0, 0.05) is 42.6 Å². The van der Waals surface area contributed by atoms with Gasteiger partial charge in [-0.2, -0.15) is 18.2 Å². The van der Waals surface area contributed by atoms with Crippen LogP contribution in [0.25, 0.3) is 34.4 Å². The minimum absolute atomic E-state index is 0.383. The lowest BCUT2D eigenvalue weighted by Gasteiger charge is -2.19. The topological polar surface area (TPSA) is 140 Å². The summed E-state index contributed by atoms with van der Waals surface area (Å²) in [5, 5.41) is 14.7. The first kappa shape index (κ1) is 23.9. The lowest BCUT2D eigenvalue weighted by molar-refractivity contribution is -0.192. The smallest absolute Gasteiger partial charge is 0.475 e. The van der Waals surface area contributed by atoms with E-state index >= 15 is 0 Å². The standard InChI is InChI=1S/C20H17N7O.C2HF3O2/c1-12-17(15-5-7-21-8-13(15)9-23-12)19-26-20(28-27-19)14-10-24-18(25-11-14)16-4-2-3-6-22-16;3-2(4,5)1(6)7/h2-4,6,9-11,21H,5,7-8H2,1H3;(H,6,7). The number of halogens is 3. The van der Waals surface area contributed by atoms with Crippen LogP contribution in [0.1, 0.15) is 16.8 Å². The molecule has 0 spiro atoms. The van der Waals surface area contributed by atoms with Gasteiger partial charge < -0.3 is 14.9 Å². The molecule has 4 aromatic rings. The lowest BCUT2D eigenvalue weighted by atomic mass is 9.95. The molecule has 0 atom stereocenters. The molecule has 0 saturated carbocycles. The number of hydrogen-bond donors (Lipinski definition) is 2. The van der Waals surface area contributed by atoms with Crippen LogP contribution in [0.5, 0.6) is 0 Å². The highest BCUT2D eigenvalue weighted by Gasteiger charge is 2.38. The van der Waals surface area contributed by atoms with Crippen LogP contribution in [0, 0.1) is 6.92 Å². The van der Waals surface area contributed by atoms with Crippen LogP contribution in [-0.2, 0) is 17.8 Å². The van der Waals surface area contributed by atoms with Crippen LogP contribution in [0.2, 0.25) is 0 Å². The predicted molar refractivity (Wildman–Crippen MR) is 116 cm³/mol. The number of pyridine rings is 2. The largest absolute Gasteiger partial charge is 0.490 e. The molecule has 0 bridgehead atoms. The van der Waals surface area contributed by atoms with Crippen LogP contribution in [0.15, 0.2) is 47.5 Å². The Morgan fingerprint density at radius 1 is 1.09 bits per heavy atom. The maximum atomic E-state index is 10.6. The van der Waals surface area contributed by atoms with Gasteiger partial charge in [-0.1, -0.05) is 11.2 Å². The van der Waals surface area contributed by atoms with Crippen molar-refractivity contribution in [2.24, 2.45) is 0 Å². The van der Waals surface area contributed by atoms with Gasteiger partial charge in [0.25, 0.3) is 5.89 Å². The molecule has 5 heterocycles. The van der Waals surface area contributed by atoms with E-state index in [0.29, 0.717) is 28.8 Å². The number of carboxylic acids is 1. The minimum Gasteiger partial charge on any atom is -0.475 e. The average Bonchev–Trinajstić information content (AvgIpc) is 3.34. The van der Waals surface area contributed by atoms with Gasteiger partial charge in [0.05, 0.1) is 5.56 Å². The fourth-order valence-corrected chi connectivity index (χ4v) is 3.38. The van der Waals surface area contributed by atoms with Crippen LogP contribution in [0.4, 0.5) is 13.2 Å². The molecular formula is C22H18F3N7O3. The third kappa shape index (κ3) is 5.46. The van der Waals surface area contributed by atoms with Crippen molar-refractivity contribution in [1.29, 1.82) is 0 Å². The zero-order valence-corrected chi connectivity index (χ0v) is 18.2. The molecule has 13 heteroatoms. The maximum absolute atomic E-state index is 10.6. The molecule has 0 fully saturated rings. The summed E-state index contributed by atoms with van der Waals surface area (Å²) in [6.07, 6.45) is 2.81. The van der Waals surface area contributed by atoms with Crippen LogP contribution >= 0.6 is 0 Å². The predicted octanol–water partition coefficient (Wildman–Crippen LogP) is 3.24. The Bertz CT molecular complexity index is 1330. The second-order valence-corrected chi connectivity index (χ2v) is 7.39. The van der Waals surface area contributed by atoms with E-state index in [2.05, 4.69) is 35.4 Å². The number of carboxylic acid groups (broad SMARTS) is 1. The van der Waals surface area contributed by atoms with Gasteiger partial charge in [-0.15, -0.1) is 0 Å².